The van der Waals surface area contributed by atoms with E-state index in [0.717, 1.165) is 16.8 Å². The number of para-hydroxylation sites is 1. The summed E-state index contributed by atoms with van der Waals surface area (Å²) in [4.78, 5) is 18.8. The topological polar surface area (TPSA) is 59.2 Å². The summed E-state index contributed by atoms with van der Waals surface area (Å²) in [7, 11) is 0. The highest BCUT2D eigenvalue weighted by atomic mass is 16.5. The van der Waals surface area contributed by atoms with Crippen LogP contribution in [0.3, 0.4) is 0 Å². The van der Waals surface area contributed by atoms with Gasteiger partial charge in [-0.15, -0.1) is 0 Å². The van der Waals surface area contributed by atoms with Crippen LogP contribution in [0.2, 0.25) is 0 Å². The lowest BCUT2D eigenvalue weighted by molar-refractivity contribution is 0.0988. The van der Waals surface area contributed by atoms with Gasteiger partial charge >= 0.3 is 0 Å². The van der Waals surface area contributed by atoms with Crippen molar-refractivity contribution in [3.8, 4) is 11.5 Å². The van der Waals surface area contributed by atoms with E-state index in [2.05, 4.69) is 10.1 Å². The zero-order valence-corrected chi connectivity index (χ0v) is 14.0. The summed E-state index contributed by atoms with van der Waals surface area (Å²) in [6, 6.07) is 15.1. The first kappa shape index (κ1) is 15.9. The number of amides is 1. The molecule has 0 spiro atoms. The van der Waals surface area contributed by atoms with Crippen molar-refractivity contribution in [1.82, 2.24) is 10.1 Å². The van der Waals surface area contributed by atoms with E-state index in [0.29, 0.717) is 23.8 Å². The van der Waals surface area contributed by atoms with E-state index in [4.69, 9.17) is 4.52 Å². The second-order valence-electron chi connectivity index (χ2n) is 5.56. The molecule has 0 fully saturated rings. The van der Waals surface area contributed by atoms with Gasteiger partial charge in [0.05, 0.1) is 0 Å². The van der Waals surface area contributed by atoms with Crippen LogP contribution in [0.5, 0.6) is 0 Å². The minimum Gasteiger partial charge on any atom is -0.334 e. The molecule has 3 aromatic rings. The van der Waals surface area contributed by atoms with E-state index in [1.165, 1.54) is 0 Å². The molecule has 0 unspecified atom stereocenters. The third-order valence-electron chi connectivity index (χ3n) is 3.87. The molecular weight excluding hydrogens is 302 g/mol. The number of aryl methyl sites for hydroxylation is 2. The minimum atomic E-state index is -0.0277. The fourth-order valence-corrected chi connectivity index (χ4v) is 2.62. The van der Waals surface area contributed by atoms with E-state index in [1.807, 2.05) is 50.2 Å². The van der Waals surface area contributed by atoms with Gasteiger partial charge in [-0.2, -0.15) is 4.98 Å². The molecule has 5 nitrogen and oxygen atoms in total. The Morgan fingerprint density at radius 3 is 2.38 bits per heavy atom. The monoisotopic (exact) mass is 321 g/mol. The van der Waals surface area contributed by atoms with E-state index in [1.54, 1.807) is 24.0 Å². The number of carbonyl (C=O) groups excluding carboxylic acids is 1. The molecule has 0 aliphatic carbocycles. The molecule has 0 atom stereocenters. The lowest BCUT2D eigenvalue weighted by Crippen LogP contribution is -2.31. The molecule has 0 saturated carbocycles. The minimum absolute atomic E-state index is 0.0277. The predicted octanol–water partition coefficient (Wildman–Crippen LogP) is 4.02. The van der Waals surface area contributed by atoms with Crippen molar-refractivity contribution < 1.29 is 9.32 Å². The van der Waals surface area contributed by atoms with Crippen LogP contribution in [-0.4, -0.2) is 22.6 Å². The molecule has 3 rings (SSSR count). The van der Waals surface area contributed by atoms with Gasteiger partial charge in [0, 0.05) is 23.4 Å². The third-order valence-corrected chi connectivity index (χ3v) is 3.87. The van der Waals surface area contributed by atoms with Crippen LogP contribution < -0.4 is 4.90 Å². The SMILES string of the molecule is CCN(C(=O)c1ccc(-c2nc(C)no2)cc1)c1ccccc1C. The Bertz CT molecular complexity index is 853. The number of carbonyl (C=O) groups is 1. The molecule has 0 saturated heterocycles. The molecule has 0 N–H and O–H groups in total. The second kappa shape index (κ2) is 6.66. The van der Waals surface area contributed by atoms with Crippen LogP contribution in [-0.2, 0) is 0 Å². The van der Waals surface area contributed by atoms with Crippen LogP contribution >= 0.6 is 0 Å². The van der Waals surface area contributed by atoms with Crippen LogP contribution in [0.1, 0.15) is 28.7 Å². The maximum Gasteiger partial charge on any atom is 0.258 e. The van der Waals surface area contributed by atoms with E-state index in [-0.39, 0.29) is 5.91 Å². The molecule has 122 valence electrons. The van der Waals surface area contributed by atoms with Crippen LogP contribution in [0.4, 0.5) is 5.69 Å². The first-order valence-corrected chi connectivity index (χ1v) is 7.88. The predicted molar refractivity (Wildman–Crippen MR) is 93.0 cm³/mol. The molecule has 0 aliphatic heterocycles. The normalized spacial score (nSPS) is 10.6. The lowest BCUT2D eigenvalue weighted by Gasteiger charge is -2.23. The number of hydrogen-bond donors (Lipinski definition) is 0. The van der Waals surface area contributed by atoms with Crippen LogP contribution in [0, 0.1) is 13.8 Å². The average Bonchev–Trinajstić information content (AvgIpc) is 3.04. The summed E-state index contributed by atoms with van der Waals surface area (Å²) < 4.78 is 5.15. The van der Waals surface area contributed by atoms with E-state index in [9.17, 15) is 4.79 Å². The van der Waals surface area contributed by atoms with Gasteiger partial charge in [-0.3, -0.25) is 4.79 Å². The molecule has 24 heavy (non-hydrogen) atoms. The maximum atomic E-state index is 12.9. The van der Waals surface area contributed by atoms with Gasteiger partial charge in [-0.25, -0.2) is 0 Å². The number of anilines is 1. The van der Waals surface area contributed by atoms with Gasteiger partial charge in [0.2, 0.25) is 0 Å². The Morgan fingerprint density at radius 2 is 1.79 bits per heavy atom. The largest absolute Gasteiger partial charge is 0.334 e. The molecule has 1 heterocycles. The summed E-state index contributed by atoms with van der Waals surface area (Å²) in [5.74, 6) is 1.01. The van der Waals surface area contributed by atoms with Gasteiger partial charge in [0.15, 0.2) is 5.82 Å². The summed E-state index contributed by atoms with van der Waals surface area (Å²) in [6.45, 7) is 6.35. The van der Waals surface area contributed by atoms with Gasteiger partial charge in [-0.1, -0.05) is 23.4 Å². The van der Waals surface area contributed by atoms with Crippen molar-refractivity contribution in [3.05, 3.63) is 65.5 Å². The number of rotatable bonds is 4. The highest BCUT2D eigenvalue weighted by molar-refractivity contribution is 6.06. The number of benzene rings is 2. The number of hydrogen-bond acceptors (Lipinski definition) is 4. The van der Waals surface area contributed by atoms with Crippen molar-refractivity contribution in [3.63, 3.8) is 0 Å². The Hall–Kier alpha value is -2.95. The first-order valence-electron chi connectivity index (χ1n) is 7.88. The van der Waals surface area contributed by atoms with Gasteiger partial charge in [0.25, 0.3) is 11.8 Å². The Morgan fingerprint density at radius 1 is 1.08 bits per heavy atom. The smallest absolute Gasteiger partial charge is 0.258 e. The zero-order chi connectivity index (χ0) is 17.1. The second-order valence-corrected chi connectivity index (χ2v) is 5.56. The molecule has 1 amide bonds. The number of nitrogens with zero attached hydrogens (tertiary/aromatic N) is 3. The van der Waals surface area contributed by atoms with Gasteiger partial charge < -0.3 is 9.42 Å². The van der Waals surface area contributed by atoms with Crippen molar-refractivity contribution >= 4 is 11.6 Å². The fraction of sp³-hybridized carbons (Fsp3) is 0.211. The van der Waals surface area contributed by atoms with E-state index < -0.39 is 0 Å². The first-order chi connectivity index (χ1) is 11.6. The maximum absolute atomic E-state index is 12.9. The van der Waals surface area contributed by atoms with Gasteiger partial charge in [0.1, 0.15) is 0 Å². The quantitative estimate of drug-likeness (QED) is 0.728. The summed E-state index contributed by atoms with van der Waals surface area (Å²) >= 11 is 0. The third kappa shape index (κ3) is 3.06. The van der Waals surface area contributed by atoms with Crippen molar-refractivity contribution in [2.45, 2.75) is 20.8 Å². The number of aromatic nitrogens is 2. The van der Waals surface area contributed by atoms with Crippen LogP contribution in [0.15, 0.2) is 53.1 Å². The van der Waals surface area contributed by atoms with Crippen LogP contribution in [0.25, 0.3) is 11.5 Å². The highest BCUT2D eigenvalue weighted by Gasteiger charge is 2.18. The summed E-state index contributed by atoms with van der Waals surface area (Å²) in [6.07, 6.45) is 0. The molecule has 2 aromatic carbocycles. The van der Waals surface area contributed by atoms with E-state index >= 15 is 0 Å². The molecule has 1 aromatic heterocycles. The van der Waals surface area contributed by atoms with Crippen molar-refractivity contribution in [1.29, 1.82) is 0 Å². The summed E-state index contributed by atoms with van der Waals surface area (Å²) in [5.41, 5.74) is 3.43. The Labute approximate surface area is 140 Å². The zero-order valence-electron chi connectivity index (χ0n) is 14.0. The molecule has 0 aliphatic rings. The van der Waals surface area contributed by atoms with Gasteiger partial charge in [-0.05, 0) is 56.7 Å². The Kier molecular flexibility index (Phi) is 4.42. The molecule has 5 heteroatoms. The van der Waals surface area contributed by atoms with Crippen molar-refractivity contribution in [2.75, 3.05) is 11.4 Å². The molecular formula is C19H19N3O2. The van der Waals surface area contributed by atoms with Crippen molar-refractivity contribution in [2.24, 2.45) is 0 Å². The molecule has 0 bridgehead atoms. The lowest BCUT2D eigenvalue weighted by atomic mass is 10.1. The Balaban J connectivity index is 1.87. The highest BCUT2D eigenvalue weighted by Crippen LogP contribution is 2.23. The molecule has 0 radical (unpaired) electrons. The average molecular weight is 321 g/mol. The standard InChI is InChI=1S/C19H19N3O2/c1-4-22(17-8-6-5-7-13(17)2)19(23)16-11-9-15(10-12-16)18-20-14(3)21-24-18/h5-12H,4H2,1-3H3. The summed E-state index contributed by atoms with van der Waals surface area (Å²) in [5, 5.41) is 3.78. The fourth-order valence-electron chi connectivity index (χ4n) is 2.62.